The highest BCUT2D eigenvalue weighted by atomic mass is 16.6. The van der Waals surface area contributed by atoms with Crippen LogP contribution in [-0.4, -0.2) is 20.6 Å². The first-order valence-electron chi connectivity index (χ1n) is 7.69. The van der Waals surface area contributed by atoms with Crippen LogP contribution < -0.4 is 5.43 Å². The van der Waals surface area contributed by atoms with Gasteiger partial charge in [0.05, 0.1) is 21.7 Å². The van der Waals surface area contributed by atoms with Crippen molar-refractivity contribution >= 4 is 28.4 Å². The van der Waals surface area contributed by atoms with Gasteiger partial charge in [-0.15, -0.1) is 0 Å². The van der Waals surface area contributed by atoms with Gasteiger partial charge in [0, 0.05) is 17.7 Å². The molecule has 0 aliphatic heterocycles. The Morgan fingerprint density at radius 2 is 2.12 bits per heavy atom. The maximum Gasteiger partial charge on any atom is 0.270 e. The zero-order valence-electron chi connectivity index (χ0n) is 13.2. The SMILES string of the molecule is CCC/C(=N/Nc1nc2ccccc2[nH]1)c1cccc([N+](=O)[O-])c1. The second-order valence-corrected chi connectivity index (χ2v) is 5.33. The number of imidazole rings is 1. The fraction of sp³-hybridized carbons (Fsp3) is 0.176. The minimum Gasteiger partial charge on any atom is -0.323 e. The summed E-state index contributed by atoms with van der Waals surface area (Å²) in [6.45, 7) is 2.04. The highest BCUT2D eigenvalue weighted by Crippen LogP contribution is 2.17. The van der Waals surface area contributed by atoms with Crippen LogP contribution in [0.25, 0.3) is 11.0 Å². The second-order valence-electron chi connectivity index (χ2n) is 5.33. The van der Waals surface area contributed by atoms with Crippen LogP contribution in [0.1, 0.15) is 25.3 Å². The number of nitro groups is 1. The number of hydrogen-bond donors (Lipinski definition) is 2. The standard InChI is InChI=1S/C17H17N5O2/c1-2-6-14(12-7-5-8-13(11-12)22(23)24)20-21-17-18-15-9-3-4-10-16(15)19-17/h3-5,7-11H,2,6H2,1H3,(H2,18,19,21)/b20-14-. The molecular weight excluding hydrogens is 306 g/mol. The Bertz CT molecular complexity index is 868. The Kier molecular flexibility index (Phi) is 4.51. The molecule has 24 heavy (non-hydrogen) atoms. The van der Waals surface area contributed by atoms with Gasteiger partial charge in [-0.05, 0) is 18.6 Å². The number of anilines is 1. The number of nitro benzene ring substituents is 1. The lowest BCUT2D eigenvalue weighted by Gasteiger charge is -2.05. The summed E-state index contributed by atoms with van der Waals surface area (Å²) >= 11 is 0. The molecule has 1 aromatic heterocycles. The van der Waals surface area contributed by atoms with E-state index in [2.05, 4.69) is 20.5 Å². The first kappa shape index (κ1) is 15.7. The van der Waals surface area contributed by atoms with Gasteiger partial charge < -0.3 is 4.98 Å². The largest absolute Gasteiger partial charge is 0.323 e. The topological polar surface area (TPSA) is 96.2 Å². The molecule has 0 saturated heterocycles. The van der Waals surface area contributed by atoms with E-state index >= 15 is 0 Å². The molecule has 0 atom stereocenters. The summed E-state index contributed by atoms with van der Waals surface area (Å²) in [4.78, 5) is 18.1. The van der Waals surface area contributed by atoms with Gasteiger partial charge in [-0.2, -0.15) is 5.10 Å². The third-order valence-corrected chi connectivity index (χ3v) is 3.56. The van der Waals surface area contributed by atoms with Gasteiger partial charge in [-0.1, -0.05) is 37.6 Å². The van der Waals surface area contributed by atoms with Crippen molar-refractivity contribution in [3.63, 3.8) is 0 Å². The molecule has 2 aromatic carbocycles. The third-order valence-electron chi connectivity index (χ3n) is 3.56. The summed E-state index contributed by atoms with van der Waals surface area (Å²) in [7, 11) is 0. The van der Waals surface area contributed by atoms with Gasteiger partial charge in [-0.25, -0.2) is 10.4 Å². The van der Waals surface area contributed by atoms with Gasteiger partial charge in [0.15, 0.2) is 0 Å². The number of para-hydroxylation sites is 2. The number of nitrogens with one attached hydrogen (secondary N) is 2. The zero-order chi connectivity index (χ0) is 16.9. The molecule has 3 rings (SSSR count). The lowest BCUT2D eigenvalue weighted by atomic mass is 10.1. The first-order valence-corrected chi connectivity index (χ1v) is 7.69. The van der Waals surface area contributed by atoms with Gasteiger partial charge >= 0.3 is 0 Å². The molecule has 0 unspecified atom stereocenters. The lowest BCUT2D eigenvalue weighted by molar-refractivity contribution is -0.384. The average Bonchev–Trinajstić information content (AvgIpc) is 3.01. The molecule has 7 heteroatoms. The number of rotatable bonds is 6. The molecule has 0 radical (unpaired) electrons. The molecule has 7 nitrogen and oxygen atoms in total. The third kappa shape index (κ3) is 3.40. The highest BCUT2D eigenvalue weighted by Gasteiger charge is 2.10. The van der Waals surface area contributed by atoms with Crippen LogP contribution in [0.15, 0.2) is 53.6 Å². The maximum atomic E-state index is 10.9. The molecule has 0 aliphatic carbocycles. The number of aromatic nitrogens is 2. The molecule has 0 amide bonds. The Morgan fingerprint density at radius 3 is 2.88 bits per heavy atom. The average molecular weight is 323 g/mol. The fourth-order valence-corrected chi connectivity index (χ4v) is 2.43. The van der Waals surface area contributed by atoms with Crippen molar-refractivity contribution in [1.82, 2.24) is 9.97 Å². The summed E-state index contributed by atoms with van der Waals surface area (Å²) < 4.78 is 0. The van der Waals surface area contributed by atoms with Crippen molar-refractivity contribution in [3.8, 4) is 0 Å². The van der Waals surface area contributed by atoms with E-state index in [0.29, 0.717) is 12.4 Å². The van der Waals surface area contributed by atoms with E-state index in [-0.39, 0.29) is 5.69 Å². The quantitative estimate of drug-likeness (QED) is 0.406. The van der Waals surface area contributed by atoms with Gasteiger partial charge in [0.25, 0.3) is 5.69 Å². The molecule has 0 saturated carbocycles. The fourth-order valence-electron chi connectivity index (χ4n) is 2.43. The van der Waals surface area contributed by atoms with E-state index in [9.17, 15) is 10.1 Å². The van der Waals surface area contributed by atoms with Gasteiger partial charge in [-0.3, -0.25) is 10.1 Å². The summed E-state index contributed by atoms with van der Waals surface area (Å²) in [5, 5.41) is 15.3. The van der Waals surface area contributed by atoms with Gasteiger partial charge in [0.2, 0.25) is 5.95 Å². The van der Waals surface area contributed by atoms with E-state index in [0.717, 1.165) is 28.7 Å². The molecule has 0 spiro atoms. The van der Waals surface area contributed by atoms with Gasteiger partial charge in [0.1, 0.15) is 0 Å². The Morgan fingerprint density at radius 1 is 1.29 bits per heavy atom. The monoisotopic (exact) mass is 323 g/mol. The molecule has 2 N–H and O–H groups in total. The second kappa shape index (κ2) is 6.91. The van der Waals surface area contributed by atoms with E-state index < -0.39 is 4.92 Å². The van der Waals surface area contributed by atoms with Crippen molar-refractivity contribution in [3.05, 3.63) is 64.2 Å². The van der Waals surface area contributed by atoms with E-state index in [4.69, 9.17) is 0 Å². The van der Waals surface area contributed by atoms with E-state index in [1.54, 1.807) is 6.07 Å². The predicted octanol–water partition coefficient (Wildman–Crippen LogP) is 4.09. The number of H-pyrrole nitrogens is 1. The van der Waals surface area contributed by atoms with E-state index in [1.807, 2.05) is 37.3 Å². The molecule has 122 valence electrons. The van der Waals surface area contributed by atoms with Crippen LogP contribution in [0.5, 0.6) is 0 Å². The summed E-state index contributed by atoms with van der Waals surface area (Å²) in [6, 6.07) is 14.2. The number of benzene rings is 2. The van der Waals surface area contributed by atoms with Crippen molar-refractivity contribution in [2.75, 3.05) is 5.43 Å². The van der Waals surface area contributed by atoms with Crippen LogP contribution >= 0.6 is 0 Å². The highest BCUT2D eigenvalue weighted by molar-refractivity contribution is 6.01. The van der Waals surface area contributed by atoms with Crippen LogP contribution in [0.2, 0.25) is 0 Å². The summed E-state index contributed by atoms with van der Waals surface area (Å²) in [5.41, 5.74) is 6.22. The zero-order valence-corrected chi connectivity index (χ0v) is 13.2. The first-order chi connectivity index (χ1) is 11.7. The van der Waals surface area contributed by atoms with Crippen molar-refractivity contribution < 1.29 is 4.92 Å². The summed E-state index contributed by atoms with van der Waals surface area (Å²) in [6.07, 6.45) is 1.58. The van der Waals surface area contributed by atoms with Crippen molar-refractivity contribution in [2.45, 2.75) is 19.8 Å². The van der Waals surface area contributed by atoms with E-state index in [1.165, 1.54) is 12.1 Å². The van der Waals surface area contributed by atoms with Crippen molar-refractivity contribution in [2.24, 2.45) is 5.10 Å². The molecule has 0 aliphatic rings. The normalized spacial score (nSPS) is 11.6. The predicted molar refractivity (Wildman–Crippen MR) is 94.3 cm³/mol. The minimum absolute atomic E-state index is 0.0556. The molecule has 0 bridgehead atoms. The number of nitrogens with zero attached hydrogens (tertiary/aromatic N) is 3. The number of hydrazone groups is 1. The Labute approximate surface area is 138 Å². The van der Waals surface area contributed by atoms with Crippen LogP contribution in [-0.2, 0) is 0 Å². The minimum atomic E-state index is -0.403. The molecule has 3 aromatic rings. The number of aromatic amines is 1. The lowest BCUT2D eigenvalue weighted by Crippen LogP contribution is -2.05. The van der Waals surface area contributed by atoms with Crippen LogP contribution in [0.4, 0.5) is 11.6 Å². The summed E-state index contributed by atoms with van der Waals surface area (Å²) in [5.74, 6) is 0.537. The Hall–Kier alpha value is -3.22. The number of fused-ring (bicyclic) bond motifs is 1. The van der Waals surface area contributed by atoms with Crippen LogP contribution in [0.3, 0.4) is 0 Å². The smallest absolute Gasteiger partial charge is 0.270 e. The molecular formula is C17H17N5O2. The van der Waals surface area contributed by atoms with Crippen molar-refractivity contribution in [1.29, 1.82) is 0 Å². The Balaban J connectivity index is 1.88. The maximum absolute atomic E-state index is 10.9. The molecule has 1 heterocycles. The number of hydrogen-bond acceptors (Lipinski definition) is 5. The molecule has 0 fully saturated rings. The number of non-ortho nitro benzene ring substituents is 1. The van der Waals surface area contributed by atoms with Crippen LogP contribution in [0, 0.1) is 10.1 Å².